The molecule has 0 saturated heterocycles. The number of hydrogen-bond acceptors (Lipinski definition) is 4. The number of nitrogens with one attached hydrogen (secondary N) is 1. The Kier molecular flexibility index (Phi) is 5.51. The molecule has 1 aliphatic carbocycles. The van der Waals surface area contributed by atoms with Gasteiger partial charge in [-0.1, -0.05) is 35.3 Å². The van der Waals surface area contributed by atoms with Gasteiger partial charge in [0, 0.05) is 28.4 Å². The number of carbonyl (C=O) groups excluding carboxylic acids is 1. The van der Waals surface area contributed by atoms with Crippen LogP contribution in [0.3, 0.4) is 0 Å². The van der Waals surface area contributed by atoms with Crippen molar-refractivity contribution in [1.29, 1.82) is 0 Å². The largest absolute Gasteiger partial charge is 0.382 e. The van der Waals surface area contributed by atoms with Gasteiger partial charge in [-0.2, -0.15) is 0 Å². The first-order chi connectivity index (χ1) is 12.8. The van der Waals surface area contributed by atoms with Gasteiger partial charge < -0.3 is 10.4 Å². The Balaban J connectivity index is 1.86. The lowest BCUT2D eigenvalue weighted by atomic mass is 9.74. The highest BCUT2D eigenvalue weighted by Gasteiger charge is 2.51. The molecule has 2 aromatic rings. The van der Waals surface area contributed by atoms with E-state index in [2.05, 4.69) is 22.0 Å². The predicted octanol–water partition coefficient (Wildman–Crippen LogP) is 3.55. The van der Waals surface area contributed by atoms with Crippen LogP contribution in [0.4, 0.5) is 4.39 Å². The lowest BCUT2D eigenvalue weighted by Crippen LogP contribution is -2.48. The number of pyridine rings is 1. The number of aliphatic hydroxyl groups is 1. The first-order valence-corrected chi connectivity index (χ1v) is 9.08. The second kappa shape index (κ2) is 7.54. The maximum Gasteiger partial charge on any atom is 0.262 e. The second-order valence-electron chi connectivity index (χ2n) is 6.53. The van der Waals surface area contributed by atoms with Crippen molar-refractivity contribution in [3.05, 3.63) is 63.4 Å². The summed E-state index contributed by atoms with van der Waals surface area (Å²) in [4.78, 5) is 20.5. The van der Waals surface area contributed by atoms with Crippen LogP contribution in [0.25, 0.3) is 0 Å². The molecule has 1 heterocycles. The summed E-state index contributed by atoms with van der Waals surface area (Å²) in [6, 6.07) is 7.86. The summed E-state index contributed by atoms with van der Waals surface area (Å²) in [5.74, 6) is -0.809. The third-order valence-corrected chi connectivity index (χ3v) is 5.33. The van der Waals surface area contributed by atoms with Crippen LogP contribution in [-0.4, -0.2) is 29.3 Å². The lowest BCUT2D eigenvalue weighted by Gasteiger charge is -2.38. The molecule has 0 aliphatic heterocycles. The molecule has 2 atom stereocenters. The Morgan fingerprint density at radius 3 is 2.85 bits per heavy atom. The van der Waals surface area contributed by atoms with Crippen molar-refractivity contribution in [3.63, 3.8) is 0 Å². The average Bonchev–Trinajstić information content (AvgIpc) is 2.65. The molecular weight excluding hydrogens is 392 g/mol. The predicted molar refractivity (Wildman–Crippen MR) is 103 cm³/mol. The van der Waals surface area contributed by atoms with E-state index in [9.17, 15) is 9.90 Å². The second-order valence-corrected chi connectivity index (χ2v) is 7.38. The number of rotatable bonds is 5. The number of nitrogens with zero attached hydrogens (tertiary/aromatic N) is 2. The van der Waals surface area contributed by atoms with E-state index in [1.807, 2.05) is 0 Å². The van der Waals surface area contributed by atoms with E-state index < -0.39 is 17.2 Å². The van der Waals surface area contributed by atoms with Crippen LogP contribution in [-0.2, 0) is 22.6 Å². The summed E-state index contributed by atoms with van der Waals surface area (Å²) in [6.45, 7) is 3.42. The maximum absolute atomic E-state index is 15.7. The van der Waals surface area contributed by atoms with Gasteiger partial charge in [-0.3, -0.25) is 14.8 Å². The first-order valence-electron chi connectivity index (χ1n) is 8.32. The summed E-state index contributed by atoms with van der Waals surface area (Å²) < 4.78 is 15.7. The van der Waals surface area contributed by atoms with Crippen molar-refractivity contribution < 1.29 is 14.3 Å². The zero-order chi connectivity index (χ0) is 19.7. The molecule has 3 rings (SSSR count). The Morgan fingerprint density at radius 2 is 2.15 bits per heavy atom. The minimum Gasteiger partial charge on any atom is -0.382 e. The molecule has 0 spiro atoms. The van der Waals surface area contributed by atoms with Crippen molar-refractivity contribution >= 4 is 35.8 Å². The summed E-state index contributed by atoms with van der Waals surface area (Å²) >= 11 is 12.0. The fourth-order valence-electron chi connectivity index (χ4n) is 3.28. The van der Waals surface area contributed by atoms with Crippen molar-refractivity contribution in [2.24, 2.45) is 4.99 Å². The van der Waals surface area contributed by atoms with Crippen LogP contribution < -0.4 is 5.32 Å². The fraction of sp³-hybridized carbons (Fsp3) is 0.316. The number of halogens is 3. The van der Waals surface area contributed by atoms with E-state index >= 15 is 4.39 Å². The molecule has 0 radical (unpaired) electrons. The molecular formula is C19H18Cl2FN3O2. The van der Waals surface area contributed by atoms with Gasteiger partial charge in [0.2, 0.25) is 5.67 Å². The van der Waals surface area contributed by atoms with Crippen molar-refractivity contribution in [1.82, 2.24) is 10.3 Å². The molecule has 1 aromatic carbocycles. The van der Waals surface area contributed by atoms with Crippen LogP contribution in [0.15, 0.2) is 41.5 Å². The summed E-state index contributed by atoms with van der Waals surface area (Å²) in [5, 5.41) is 14.2. The van der Waals surface area contributed by atoms with E-state index in [1.54, 1.807) is 18.2 Å². The zero-order valence-electron chi connectivity index (χ0n) is 14.4. The quantitative estimate of drug-likeness (QED) is 0.741. The van der Waals surface area contributed by atoms with Gasteiger partial charge in [0.25, 0.3) is 5.91 Å². The Labute approximate surface area is 166 Å². The SMILES string of the molecule is C=NC[C@]1(O)CC[C@@](F)(C(=O)NCc2ccc(Cl)cc2Cl)c2cccnc21. The first kappa shape index (κ1) is 19.7. The molecule has 0 fully saturated rings. The molecule has 0 bridgehead atoms. The van der Waals surface area contributed by atoms with Crippen LogP contribution >= 0.6 is 23.2 Å². The minimum absolute atomic E-state index is 0.00164. The summed E-state index contributed by atoms with van der Waals surface area (Å²) in [6.07, 6.45) is 1.25. The minimum atomic E-state index is -2.31. The number of benzene rings is 1. The van der Waals surface area contributed by atoms with Gasteiger partial charge in [0.05, 0.1) is 12.2 Å². The van der Waals surface area contributed by atoms with Gasteiger partial charge in [-0.15, -0.1) is 0 Å². The standard InChI is InChI=1S/C19H18Cl2FN3O2/c1-23-11-18(27)6-7-19(22,14-3-2-8-24-16(14)18)17(26)25-10-12-4-5-13(20)9-15(12)21/h2-5,8-9,27H,1,6-7,10-11H2,(H,25,26)/t18-,19+/m1/s1. The summed E-state index contributed by atoms with van der Waals surface area (Å²) in [5.41, 5.74) is -2.97. The molecule has 142 valence electrons. The Bertz CT molecular complexity index is 895. The monoisotopic (exact) mass is 409 g/mol. The number of aliphatic imine (C=N–C) groups is 1. The lowest BCUT2D eigenvalue weighted by molar-refractivity contribution is -0.137. The smallest absolute Gasteiger partial charge is 0.262 e. The average molecular weight is 410 g/mol. The van der Waals surface area contributed by atoms with E-state index in [4.69, 9.17) is 23.2 Å². The summed E-state index contributed by atoms with van der Waals surface area (Å²) in [7, 11) is 0. The third kappa shape index (κ3) is 3.70. The number of alkyl halides is 1. The van der Waals surface area contributed by atoms with Crippen LogP contribution in [0.2, 0.25) is 10.0 Å². The van der Waals surface area contributed by atoms with Crippen molar-refractivity contribution in [3.8, 4) is 0 Å². The molecule has 0 unspecified atom stereocenters. The van der Waals surface area contributed by atoms with Crippen molar-refractivity contribution in [2.45, 2.75) is 30.7 Å². The molecule has 8 heteroatoms. The van der Waals surface area contributed by atoms with E-state index in [0.717, 1.165) is 0 Å². The molecule has 2 N–H and O–H groups in total. The third-order valence-electron chi connectivity index (χ3n) is 4.75. The van der Waals surface area contributed by atoms with Crippen LogP contribution in [0.5, 0.6) is 0 Å². The number of carbonyl (C=O) groups is 1. The van der Waals surface area contributed by atoms with Gasteiger partial charge >= 0.3 is 0 Å². The van der Waals surface area contributed by atoms with Crippen LogP contribution in [0, 0.1) is 0 Å². The van der Waals surface area contributed by atoms with Gasteiger partial charge in [-0.25, -0.2) is 4.39 Å². The van der Waals surface area contributed by atoms with E-state index in [-0.39, 0.29) is 37.2 Å². The number of fused-ring (bicyclic) bond motifs is 1. The molecule has 1 aliphatic rings. The molecule has 5 nitrogen and oxygen atoms in total. The van der Waals surface area contributed by atoms with Crippen molar-refractivity contribution in [2.75, 3.05) is 6.54 Å². The van der Waals surface area contributed by atoms with Gasteiger partial charge in [0.15, 0.2) is 0 Å². The Morgan fingerprint density at radius 1 is 1.37 bits per heavy atom. The van der Waals surface area contributed by atoms with E-state index in [0.29, 0.717) is 15.6 Å². The highest BCUT2D eigenvalue weighted by Crippen LogP contribution is 2.45. The number of aromatic nitrogens is 1. The van der Waals surface area contributed by atoms with Crippen LogP contribution in [0.1, 0.15) is 29.7 Å². The molecule has 1 amide bonds. The number of hydrogen-bond donors (Lipinski definition) is 2. The normalized spacial score (nSPS) is 24.1. The molecule has 1 aromatic heterocycles. The highest BCUT2D eigenvalue weighted by atomic mass is 35.5. The van der Waals surface area contributed by atoms with Gasteiger partial charge in [0.1, 0.15) is 5.60 Å². The Hall–Kier alpha value is -2.02. The van der Waals surface area contributed by atoms with E-state index in [1.165, 1.54) is 18.3 Å². The number of amides is 1. The topological polar surface area (TPSA) is 74.6 Å². The highest BCUT2D eigenvalue weighted by molar-refractivity contribution is 6.35. The molecule has 0 saturated carbocycles. The maximum atomic E-state index is 15.7. The molecule has 27 heavy (non-hydrogen) atoms. The zero-order valence-corrected chi connectivity index (χ0v) is 15.9. The fourth-order valence-corrected chi connectivity index (χ4v) is 3.76. The van der Waals surface area contributed by atoms with Gasteiger partial charge in [-0.05, 0) is 43.3 Å².